The molecule has 1 fully saturated rings. The lowest BCUT2D eigenvalue weighted by atomic mass is 10.1. The number of rotatable bonds is 7. The molecule has 3 heterocycles. The van der Waals surface area contributed by atoms with Crippen molar-refractivity contribution < 1.29 is 9.69 Å². The van der Waals surface area contributed by atoms with Crippen LogP contribution in [0.1, 0.15) is 29.8 Å². The summed E-state index contributed by atoms with van der Waals surface area (Å²) in [6.07, 6.45) is 7.30. The minimum atomic E-state index is 0.312. The number of carbonyl (C=O) groups is 1. The molecule has 6 heteroatoms. The Hall–Kier alpha value is -2.31. The van der Waals surface area contributed by atoms with E-state index >= 15 is 0 Å². The molecule has 5 nitrogen and oxygen atoms in total. The van der Waals surface area contributed by atoms with Crippen LogP contribution in [0.3, 0.4) is 0 Å². The second-order valence-corrected chi connectivity index (χ2v) is 8.56. The number of para-hydroxylation sites is 1. The molecule has 1 aromatic carbocycles. The van der Waals surface area contributed by atoms with Gasteiger partial charge in [0.15, 0.2) is 0 Å². The zero-order valence-electron chi connectivity index (χ0n) is 16.1. The second kappa shape index (κ2) is 9.26. The largest absolute Gasteiger partial charge is 0.331 e. The summed E-state index contributed by atoms with van der Waals surface area (Å²) in [5.41, 5.74) is 2.41. The van der Waals surface area contributed by atoms with Crippen molar-refractivity contribution in [2.75, 3.05) is 26.2 Å². The van der Waals surface area contributed by atoms with Crippen LogP contribution in [-0.4, -0.2) is 47.0 Å². The molecule has 1 aliphatic heterocycles. The molecule has 0 saturated carbocycles. The van der Waals surface area contributed by atoms with Gasteiger partial charge in [0.05, 0.1) is 41.4 Å². The van der Waals surface area contributed by atoms with Crippen LogP contribution in [0, 0.1) is 0 Å². The zero-order valence-corrected chi connectivity index (χ0v) is 17.0. The maximum atomic E-state index is 12.5. The molecule has 1 saturated heterocycles. The molecule has 1 N–H and O–H groups in total. The summed E-state index contributed by atoms with van der Waals surface area (Å²) in [6.45, 7) is 4.82. The third-order valence-corrected chi connectivity index (χ3v) is 6.49. The number of unbranched alkanes of at least 4 members (excludes halogenated alkanes) is 1. The molecule has 1 amide bonds. The summed E-state index contributed by atoms with van der Waals surface area (Å²) in [7, 11) is 0. The Kier molecular flexibility index (Phi) is 6.29. The Morgan fingerprint density at radius 3 is 2.64 bits per heavy atom. The number of amides is 1. The normalized spacial score (nSPS) is 15.2. The number of nitrogens with one attached hydrogen (secondary N) is 1. The summed E-state index contributed by atoms with van der Waals surface area (Å²) in [5, 5.41) is 1.18. The topological polar surface area (TPSA) is 50.5 Å². The lowest BCUT2D eigenvalue weighted by Crippen LogP contribution is -3.13. The van der Waals surface area contributed by atoms with Crippen molar-refractivity contribution >= 4 is 27.5 Å². The van der Waals surface area contributed by atoms with E-state index in [1.165, 1.54) is 15.3 Å². The predicted molar refractivity (Wildman–Crippen MR) is 112 cm³/mol. The summed E-state index contributed by atoms with van der Waals surface area (Å²) in [4.78, 5) is 24.9. The van der Waals surface area contributed by atoms with Crippen molar-refractivity contribution in [3.8, 4) is 0 Å². The van der Waals surface area contributed by atoms with Gasteiger partial charge in [-0.3, -0.25) is 9.78 Å². The average Bonchev–Trinajstić information content (AvgIpc) is 3.15. The number of fused-ring (bicyclic) bond motifs is 1. The van der Waals surface area contributed by atoms with Gasteiger partial charge < -0.3 is 9.80 Å². The number of hydrogen-bond donors (Lipinski definition) is 1. The highest BCUT2D eigenvalue weighted by atomic mass is 32.1. The first-order chi connectivity index (χ1) is 13.8. The fourth-order valence-corrected chi connectivity index (χ4v) is 4.78. The highest BCUT2D eigenvalue weighted by molar-refractivity contribution is 7.18. The van der Waals surface area contributed by atoms with Crippen molar-refractivity contribution in [2.24, 2.45) is 0 Å². The maximum Gasteiger partial charge on any atom is 0.222 e. The minimum absolute atomic E-state index is 0.312. The van der Waals surface area contributed by atoms with Crippen LogP contribution in [0.2, 0.25) is 0 Å². The van der Waals surface area contributed by atoms with Gasteiger partial charge in [-0.2, -0.15) is 0 Å². The van der Waals surface area contributed by atoms with Gasteiger partial charge in [-0.1, -0.05) is 12.1 Å². The number of hydrogen-bond acceptors (Lipinski definition) is 4. The second-order valence-electron chi connectivity index (χ2n) is 7.45. The Morgan fingerprint density at radius 1 is 1.07 bits per heavy atom. The van der Waals surface area contributed by atoms with Crippen LogP contribution >= 0.6 is 11.3 Å². The van der Waals surface area contributed by atoms with E-state index < -0.39 is 0 Å². The van der Waals surface area contributed by atoms with Crippen molar-refractivity contribution in [1.82, 2.24) is 14.9 Å². The van der Waals surface area contributed by atoms with E-state index in [4.69, 9.17) is 0 Å². The Morgan fingerprint density at radius 2 is 1.86 bits per heavy atom. The Bertz CT molecular complexity index is 870. The van der Waals surface area contributed by atoms with Crippen LogP contribution < -0.4 is 4.90 Å². The van der Waals surface area contributed by atoms with Crippen molar-refractivity contribution in [2.45, 2.75) is 32.2 Å². The van der Waals surface area contributed by atoms with Gasteiger partial charge >= 0.3 is 0 Å². The smallest absolute Gasteiger partial charge is 0.222 e. The molecular formula is C22H27N4OS+. The van der Waals surface area contributed by atoms with E-state index in [0.717, 1.165) is 57.5 Å². The van der Waals surface area contributed by atoms with Crippen LogP contribution in [0.15, 0.2) is 48.8 Å². The number of piperazine rings is 1. The lowest BCUT2D eigenvalue weighted by Gasteiger charge is -2.32. The van der Waals surface area contributed by atoms with E-state index in [0.29, 0.717) is 12.3 Å². The molecular weight excluding hydrogens is 368 g/mol. The van der Waals surface area contributed by atoms with Crippen LogP contribution in [0.4, 0.5) is 0 Å². The number of aromatic nitrogens is 2. The van der Waals surface area contributed by atoms with Gasteiger partial charge in [0.1, 0.15) is 6.54 Å². The molecule has 146 valence electrons. The molecule has 4 rings (SSSR count). The summed E-state index contributed by atoms with van der Waals surface area (Å²) in [5.74, 6) is 0.312. The van der Waals surface area contributed by atoms with Crippen molar-refractivity contribution in [3.05, 3.63) is 59.4 Å². The zero-order chi connectivity index (χ0) is 19.2. The minimum Gasteiger partial charge on any atom is -0.331 e. The summed E-state index contributed by atoms with van der Waals surface area (Å²) >= 11 is 1.77. The van der Waals surface area contributed by atoms with Crippen LogP contribution in [-0.2, 0) is 17.8 Å². The highest BCUT2D eigenvalue weighted by Crippen LogP contribution is 2.22. The van der Waals surface area contributed by atoms with Gasteiger partial charge in [-0.25, -0.2) is 4.98 Å². The maximum absolute atomic E-state index is 12.5. The molecule has 0 aliphatic carbocycles. The fraction of sp³-hybridized carbons (Fsp3) is 0.409. The molecule has 0 unspecified atom stereocenters. The fourth-order valence-electron chi connectivity index (χ4n) is 3.78. The summed E-state index contributed by atoms with van der Waals surface area (Å²) in [6, 6.07) is 12.4. The first-order valence-corrected chi connectivity index (χ1v) is 10.9. The molecule has 3 aromatic rings. The van der Waals surface area contributed by atoms with Gasteiger partial charge in [0.2, 0.25) is 5.91 Å². The van der Waals surface area contributed by atoms with E-state index in [-0.39, 0.29) is 0 Å². The van der Waals surface area contributed by atoms with Crippen molar-refractivity contribution in [1.29, 1.82) is 0 Å². The van der Waals surface area contributed by atoms with Crippen molar-refractivity contribution in [3.63, 3.8) is 0 Å². The molecule has 0 spiro atoms. The van der Waals surface area contributed by atoms with Gasteiger partial charge in [0, 0.05) is 24.4 Å². The lowest BCUT2D eigenvalue weighted by molar-refractivity contribution is -0.917. The third-order valence-electron chi connectivity index (χ3n) is 5.40. The number of thiazole rings is 1. The standard InChI is InChI=1S/C22H26N4OS/c27-22(8-4-3-7-21-24-19-5-1-2-6-20(19)28-21)26-15-13-25(14-16-26)17-18-9-11-23-12-10-18/h1-2,5-6,9-12H,3-4,7-8,13-17H2/p+1. The third kappa shape index (κ3) is 4.94. The Labute approximate surface area is 170 Å². The van der Waals surface area contributed by atoms with E-state index in [2.05, 4.69) is 40.3 Å². The molecule has 0 radical (unpaired) electrons. The van der Waals surface area contributed by atoms with Crippen LogP contribution in [0.25, 0.3) is 10.2 Å². The van der Waals surface area contributed by atoms with Crippen LogP contribution in [0.5, 0.6) is 0 Å². The number of carbonyl (C=O) groups excluding carboxylic acids is 1. The monoisotopic (exact) mass is 395 g/mol. The molecule has 2 aromatic heterocycles. The first-order valence-electron chi connectivity index (χ1n) is 10.1. The van der Waals surface area contributed by atoms with E-state index in [9.17, 15) is 4.79 Å². The quantitative estimate of drug-likeness (QED) is 0.625. The molecule has 1 aliphatic rings. The highest BCUT2D eigenvalue weighted by Gasteiger charge is 2.23. The number of nitrogens with zero attached hydrogens (tertiary/aromatic N) is 3. The van der Waals surface area contributed by atoms with Gasteiger partial charge in [-0.15, -0.1) is 11.3 Å². The van der Waals surface area contributed by atoms with Gasteiger partial charge in [-0.05, 0) is 43.5 Å². The SMILES string of the molecule is O=C(CCCCc1nc2ccccc2s1)N1CC[NH+](Cc2ccncc2)CC1. The number of aryl methyl sites for hydroxylation is 1. The molecule has 0 bridgehead atoms. The van der Waals surface area contributed by atoms with E-state index in [1.54, 1.807) is 16.2 Å². The molecule has 0 atom stereocenters. The number of quaternary nitrogens is 1. The predicted octanol–water partition coefficient (Wildman–Crippen LogP) is 2.33. The number of benzene rings is 1. The number of pyridine rings is 1. The summed E-state index contributed by atoms with van der Waals surface area (Å²) < 4.78 is 1.25. The first kappa shape index (κ1) is 19.0. The molecule has 28 heavy (non-hydrogen) atoms. The van der Waals surface area contributed by atoms with Gasteiger partial charge in [0.25, 0.3) is 0 Å². The average molecular weight is 396 g/mol. The Balaban J connectivity index is 1.15. The van der Waals surface area contributed by atoms with E-state index in [1.807, 2.05) is 23.4 Å².